The van der Waals surface area contributed by atoms with Gasteiger partial charge in [-0.2, -0.15) is 10.2 Å². The Bertz CT molecular complexity index is 345. The Labute approximate surface area is 95.2 Å². The normalized spacial score (nSPS) is 16.9. The fourth-order valence-electron chi connectivity index (χ4n) is 1.59. The minimum atomic E-state index is 0.483. The van der Waals surface area contributed by atoms with Gasteiger partial charge in [0.2, 0.25) is 0 Å². The second kappa shape index (κ2) is 5.44. The van der Waals surface area contributed by atoms with Crippen LogP contribution in [0.2, 0.25) is 0 Å². The molecule has 3 N–H and O–H groups in total. The molecule has 0 atom stereocenters. The maximum Gasteiger partial charge on any atom is 0.188 e. The molecule has 0 radical (unpaired) electrons. The van der Waals surface area contributed by atoms with E-state index in [1.54, 1.807) is 6.20 Å². The Kier molecular flexibility index (Phi) is 3.69. The van der Waals surface area contributed by atoms with E-state index in [9.17, 15) is 0 Å². The molecule has 1 aliphatic carbocycles. The highest BCUT2D eigenvalue weighted by molar-refractivity contribution is 5.77. The molecule has 0 aliphatic heterocycles. The molecule has 5 heteroatoms. The number of nitrogens with one attached hydrogen (secondary N) is 1. The third-order valence-corrected chi connectivity index (χ3v) is 2.84. The molecule has 16 heavy (non-hydrogen) atoms. The summed E-state index contributed by atoms with van der Waals surface area (Å²) in [6.45, 7) is 1.42. The van der Waals surface area contributed by atoms with Crippen LogP contribution in [-0.4, -0.2) is 22.7 Å². The smallest absolute Gasteiger partial charge is 0.188 e. The van der Waals surface area contributed by atoms with Crippen molar-refractivity contribution in [2.45, 2.75) is 25.8 Å². The van der Waals surface area contributed by atoms with Gasteiger partial charge in [0.15, 0.2) is 5.96 Å². The minimum absolute atomic E-state index is 0.483. The van der Waals surface area contributed by atoms with Gasteiger partial charge in [0.05, 0.1) is 12.2 Å². The van der Waals surface area contributed by atoms with Crippen LogP contribution in [0.3, 0.4) is 0 Å². The molecule has 0 amide bonds. The first-order valence-corrected chi connectivity index (χ1v) is 5.65. The van der Waals surface area contributed by atoms with Gasteiger partial charge in [-0.15, -0.1) is 0 Å². The summed E-state index contributed by atoms with van der Waals surface area (Å²) in [6.07, 6.45) is 5.61. The summed E-state index contributed by atoms with van der Waals surface area (Å²) in [5.74, 6) is 1.28. The van der Waals surface area contributed by atoms with Crippen molar-refractivity contribution in [3.8, 4) is 0 Å². The van der Waals surface area contributed by atoms with Crippen LogP contribution < -0.4 is 11.1 Å². The SMILES string of the molecule is NC(=NCc1cccnn1)NCC1CCC1. The Morgan fingerprint density at radius 3 is 3.06 bits per heavy atom. The highest BCUT2D eigenvalue weighted by Gasteiger charge is 2.16. The predicted octanol–water partition coefficient (Wildman–Crippen LogP) is 0.681. The summed E-state index contributed by atoms with van der Waals surface area (Å²) in [7, 11) is 0. The van der Waals surface area contributed by atoms with Crippen LogP contribution in [0.1, 0.15) is 25.0 Å². The van der Waals surface area contributed by atoms with Gasteiger partial charge in [0.1, 0.15) is 0 Å². The van der Waals surface area contributed by atoms with E-state index in [2.05, 4.69) is 20.5 Å². The van der Waals surface area contributed by atoms with Gasteiger partial charge in [0.25, 0.3) is 0 Å². The number of aromatic nitrogens is 2. The van der Waals surface area contributed by atoms with E-state index in [-0.39, 0.29) is 0 Å². The summed E-state index contributed by atoms with van der Waals surface area (Å²) in [6, 6.07) is 3.73. The first-order chi connectivity index (χ1) is 7.84. The Balaban J connectivity index is 1.73. The summed E-state index contributed by atoms with van der Waals surface area (Å²) in [5.41, 5.74) is 6.57. The highest BCUT2D eigenvalue weighted by atomic mass is 15.1. The van der Waals surface area contributed by atoms with Crippen LogP contribution in [0.4, 0.5) is 0 Å². The van der Waals surface area contributed by atoms with E-state index in [1.807, 2.05) is 12.1 Å². The maximum atomic E-state index is 5.74. The van der Waals surface area contributed by atoms with Crippen LogP contribution in [0, 0.1) is 5.92 Å². The first kappa shape index (κ1) is 10.9. The number of hydrogen-bond acceptors (Lipinski definition) is 3. The summed E-state index contributed by atoms with van der Waals surface area (Å²) >= 11 is 0. The standard InChI is InChI=1S/C11H17N5/c12-11(13-7-9-3-1-4-9)14-8-10-5-2-6-15-16-10/h2,5-6,9H,1,3-4,7-8H2,(H3,12,13,14). The lowest BCUT2D eigenvalue weighted by molar-refractivity contribution is 0.315. The molecule has 0 spiro atoms. The molecule has 1 aliphatic rings. The van der Waals surface area contributed by atoms with Crippen molar-refractivity contribution in [2.24, 2.45) is 16.6 Å². The van der Waals surface area contributed by atoms with E-state index < -0.39 is 0 Å². The largest absolute Gasteiger partial charge is 0.370 e. The van der Waals surface area contributed by atoms with Crippen LogP contribution in [0.5, 0.6) is 0 Å². The zero-order valence-corrected chi connectivity index (χ0v) is 9.26. The minimum Gasteiger partial charge on any atom is -0.370 e. The molecule has 86 valence electrons. The van der Waals surface area contributed by atoms with Crippen LogP contribution >= 0.6 is 0 Å². The highest BCUT2D eigenvalue weighted by Crippen LogP contribution is 2.24. The van der Waals surface area contributed by atoms with E-state index in [1.165, 1.54) is 19.3 Å². The van der Waals surface area contributed by atoms with Gasteiger partial charge in [0, 0.05) is 12.7 Å². The van der Waals surface area contributed by atoms with Crippen molar-refractivity contribution < 1.29 is 0 Å². The molecule has 2 rings (SSSR count). The molecule has 5 nitrogen and oxygen atoms in total. The van der Waals surface area contributed by atoms with Crippen molar-refractivity contribution >= 4 is 5.96 Å². The lowest BCUT2D eigenvalue weighted by atomic mass is 9.85. The first-order valence-electron chi connectivity index (χ1n) is 5.65. The molecule has 0 saturated heterocycles. The number of hydrogen-bond donors (Lipinski definition) is 2. The molecule has 0 aromatic carbocycles. The lowest BCUT2D eigenvalue weighted by Crippen LogP contribution is -2.37. The third kappa shape index (κ3) is 3.18. The summed E-state index contributed by atoms with van der Waals surface area (Å²) in [5, 5.41) is 10.8. The van der Waals surface area contributed by atoms with Gasteiger partial charge < -0.3 is 11.1 Å². The zero-order valence-electron chi connectivity index (χ0n) is 9.26. The fraction of sp³-hybridized carbons (Fsp3) is 0.545. The lowest BCUT2D eigenvalue weighted by Gasteiger charge is -2.25. The van der Waals surface area contributed by atoms with Crippen molar-refractivity contribution in [3.05, 3.63) is 24.0 Å². The Morgan fingerprint density at radius 1 is 1.56 bits per heavy atom. The van der Waals surface area contributed by atoms with Crippen LogP contribution in [0.15, 0.2) is 23.3 Å². The molecular weight excluding hydrogens is 202 g/mol. The molecule has 0 unspecified atom stereocenters. The topological polar surface area (TPSA) is 76.2 Å². The van der Waals surface area contributed by atoms with Gasteiger partial charge in [-0.05, 0) is 30.9 Å². The Morgan fingerprint density at radius 2 is 2.44 bits per heavy atom. The molecule has 0 bridgehead atoms. The molecule has 1 fully saturated rings. The van der Waals surface area contributed by atoms with Crippen molar-refractivity contribution in [3.63, 3.8) is 0 Å². The monoisotopic (exact) mass is 219 g/mol. The van der Waals surface area contributed by atoms with Gasteiger partial charge in [-0.1, -0.05) is 6.42 Å². The molecule has 1 aromatic rings. The summed E-state index contributed by atoms with van der Waals surface area (Å²) < 4.78 is 0. The van der Waals surface area contributed by atoms with Gasteiger partial charge in [-0.25, -0.2) is 4.99 Å². The number of nitrogens with two attached hydrogens (primary N) is 1. The van der Waals surface area contributed by atoms with E-state index >= 15 is 0 Å². The molecule has 1 heterocycles. The van der Waals surface area contributed by atoms with E-state index in [4.69, 9.17) is 5.73 Å². The fourth-order valence-corrected chi connectivity index (χ4v) is 1.59. The zero-order chi connectivity index (χ0) is 11.2. The Hall–Kier alpha value is -1.65. The second-order valence-electron chi connectivity index (χ2n) is 4.09. The summed E-state index contributed by atoms with van der Waals surface area (Å²) in [4.78, 5) is 4.21. The maximum absolute atomic E-state index is 5.74. The molecule has 1 saturated carbocycles. The number of guanidine groups is 1. The number of nitrogens with zero attached hydrogens (tertiary/aromatic N) is 3. The molecule has 1 aromatic heterocycles. The third-order valence-electron chi connectivity index (χ3n) is 2.84. The molecular formula is C11H17N5. The van der Waals surface area contributed by atoms with Crippen molar-refractivity contribution in [1.29, 1.82) is 0 Å². The van der Waals surface area contributed by atoms with Crippen molar-refractivity contribution in [2.75, 3.05) is 6.54 Å². The van der Waals surface area contributed by atoms with E-state index in [0.29, 0.717) is 12.5 Å². The van der Waals surface area contributed by atoms with Crippen molar-refractivity contribution in [1.82, 2.24) is 15.5 Å². The van der Waals surface area contributed by atoms with Gasteiger partial charge in [-0.3, -0.25) is 0 Å². The quantitative estimate of drug-likeness (QED) is 0.577. The second-order valence-corrected chi connectivity index (χ2v) is 4.09. The van der Waals surface area contributed by atoms with Crippen LogP contribution in [-0.2, 0) is 6.54 Å². The van der Waals surface area contributed by atoms with E-state index in [0.717, 1.165) is 18.2 Å². The average molecular weight is 219 g/mol. The number of rotatable bonds is 4. The van der Waals surface area contributed by atoms with Crippen LogP contribution in [0.25, 0.3) is 0 Å². The number of aliphatic imine (C=N–C) groups is 1. The predicted molar refractivity (Wildman–Crippen MR) is 62.7 cm³/mol. The average Bonchev–Trinajstić information content (AvgIpc) is 2.26. The van der Waals surface area contributed by atoms with Gasteiger partial charge >= 0.3 is 0 Å².